The Morgan fingerprint density at radius 1 is 1.29 bits per heavy atom. The molecule has 0 fully saturated rings. The zero-order valence-electron chi connectivity index (χ0n) is 14.2. The van der Waals surface area contributed by atoms with Gasteiger partial charge in [-0.2, -0.15) is 5.10 Å². The first-order chi connectivity index (χ1) is 11.5. The number of hydrogen-bond acceptors (Lipinski definition) is 5. The average Bonchev–Trinajstić information content (AvgIpc) is 2.92. The van der Waals surface area contributed by atoms with Gasteiger partial charge in [-0.1, -0.05) is 0 Å². The highest BCUT2D eigenvalue weighted by atomic mass is 16.5. The van der Waals surface area contributed by atoms with Gasteiger partial charge < -0.3 is 19.5 Å². The van der Waals surface area contributed by atoms with Gasteiger partial charge in [0.25, 0.3) is 5.91 Å². The molecular formula is C17H21N3O4. The lowest BCUT2D eigenvalue weighted by Gasteiger charge is -2.33. The number of aliphatic hydroxyl groups excluding tert-OH is 1. The molecule has 2 aromatic rings. The summed E-state index contributed by atoms with van der Waals surface area (Å²) in [6.07, 6.45) is -0.840. The molecule has 24 heavy (non-hydrogen) atoms. The molecule has 1 unspecified atom stereocenters. The number of carbonyl (C=O) groups is 1. The average molecular weight is 331 g/mol. The monoisotopic (exact) mass is 331 g/mol. The maximum absolute atomic E-state index is 12.7. The quantitative estimate of drug-likeness (QED) is 0.921. The number of amides is 1. The van der Waals surface area contributed by atoms with Gasteiger partial charge in [0.2, 0.25) is 0 Å². The summed E-state index contributed by atoms with van der Waals surface area (Å²) in [5.41, 5.74) is 2.71. The molecule has 1 amide bonds. The van der Waals surface area contributed by atoms with Gasteiger partial charge in [0.1, 0.15) is 17.6 Å². The van der Waals surface area contributed by atoms with E-state index < -0.39 is 6.10 Å². The number of benzene rings is 1. The summed E-state index contributed by atoms with van der Waals surface area (Å²) in [6.45, 7) is 2.41. The second-order valence-electron chi connectivity index (χ2n) is 5.86. The molecule has 1 aromatic heterocycles. The van der Waals surface area contributed by atoms with Crippen molar-refractivity contribution in [3.63, 3.8) is 0 Å². The number of aryl methyl sites for hydroxylation is 2. The Labute approximate surface area is 140 Å². The molecular weight excluding hydrogens is 310 g/mol. The molecule has 7 heteroatoms. The fraction of sp³-hybridized carbons (Fsp3) is 0.412. The second-order valence-corrected chi connectivity index (χ2v) is 5.86. The van der Waals surface area contributed by atoms with Crippen molar-refractivity contribution in [3.05, 3.63) is 40.7 Å². The Hall–Kier alpha value is -2.54. The third kappa shape index (κ3) is 2.60. The van der Waals surface area contributed by atoms with E-state index in [1.54, 1.807) is 49.0 Å². The molecule has 1 aliphatic heterocycles. The summed E-state index contributed by atoms with van der Waals surface area (Å²) in [4.78, 5) is 14.3. The lowest BCUT2D eigenvalue weighted by atomic mass is 9.95. The van der Waals surface area contributed by atoms with Crippen molar-refractivity contribution in [2.75, 3.05) is 20.8 Å². The molecule has 7 nitrogen and oxygen atoms in total. The maximum Gasteiger partial charge on any atom is 0.274 e. The number of rotatable bonds is 3. The van der Waals surface area contributed by atoms with Gasteiger partial charge in [-0.25, -0.2) is 0 Å². The van der Waals surface area contributed by atoms with Gasteiger partial charge >= 0.3 is 0 Å². The molecule has 1 N–H and O–H groups in total. The highest BCUT2D eigenvalue weighted by Crippen LogP contribution is 2.39. The van der Waals surface area contributed by atoms with Crippen molar-refractivity contribution in [3.8, 4) is 11.5 Å². The van der Waals surface area contributed by atoms with Gasteiger partial charge in [-0.05, 0) is 25.1 Å². The molecule has 0 bridgehead atoms. The van der Waals surface area contributed by atoms with Crippen LogP contribution in [0.15, 0.2) is 18.2 Å². The maximum atomic E-state index is 12.7. The van der Waals surface area contributed by atoms with Crippen molar-refractivity contribution in [2.24, 2.45) is 7.05 Å². The van der Waals surface area contributed by atoms with Gasteiger partial charge in [-0.3, -0.25) is 9.48 Å². The normalized spacial score (nSPS) is 16.7. The van der Waals surface area contributed by atoms with E-state index in [4.69, 9.17) is 9.47 Å². The summed E-state index contributed by atoms with van der Waals surface area (Å²) in [6, 6.07) is 5.29. The first kappa shape index (κ1) is 16.3. The van der Waals surface area contributed by atoms with E-state index in [1.165, 1.54) is 0 Å². The van der Waals surface area contributed by atoms with Gasteiger partial charge in [-0.15, -0.1) is 0 Å². The highest BCUT2D eigenvalue weighted by molar-refractivity contribution is 5.92. The smallest absolute Gasteiger partial charge is 0.274 e. The largest absolute Gasteiger partial charge is 0.496 e. The number of nitrogens with zero attached hydrogens (tertiary/aromatic N) is 3. The van der Waals surface area contributed by atoms with Crippen LogP contribution in [0.3, 0.4) is 0 Å². The van der Waals surface area contributed by atoms with Crippen LogP contribution in [0.5, 0.6) is 11.5 Å². The number of aromatic nitrogens is 2. The number of fused-ring (bicyclic) bond motifs is 1. The van der Waals surface area contributed by atoms with E-state index in [9.17, 15) is 9.90 Å². The van der Waals surface area contributed by atoms with E-state index in [1.807, 2.05) is 6.92 Å². The number of aliphatic hydroxyl groups is 1. The van der Waals surface area contributed by atoms with Crippen molar-refractivity contribution in [1.82, 2.24) is 14.7 Å². The fourth-order valence-corrected chi connectivity index (χ4v) is 3.06. The van der Waals surface area contributed by atoms with Crippen molar-refractivity contribution in [2.45, 2.75) is 19.6 Å². The SMILES string of the molecule is COc1ccc(OC)c2c1CN(C(=O)c1cc(C)n(C)n1)CC2O. The number of carbonyl (C=O) groups excluding carboxylic acids is 1. The lowest BCUT2D eigenvalue weighted by Crippen LogP contribution is -2.38. The molecule has 1 aliphatic rings. The predicted molar refractivity (Wildman–Crippen MR) is 87.2 cm³/mol. The van der Waals surface area contributed by atoms with Crippen LogP contribution in [0.2, 0.25) is 0 Å². The van der Waals surface area contributed by atoms with E-state index in [0.29, 0.717) is 29.3 Å². The fourth-order valence-electron chi connectivity index (χ4n) is 3.06. The number of β-amino-alcohol motifs (C(OH)–C–C–N with tert-alkyl or cyclic N) is 1. The molecule has 128 valence electrons. The molecule has 2 heterocycles. The first-order valence-corrected chi connectivity index (χ1v) is 7.68. The van der Waals surface area contributed by atoms with Gasteiger partial charge in [0.05, 0.1) is 27.3 Å². The van der Waals surface area contributed by atoms with Crippen molar-refractivity contribution < 1.29 is 19.4 Å². The zero-order chi connectivity index (χ0) is 17.4. The van der Waals surface area contributed by atoms with Crippen LogP contribution in [0, 0.1) is 6.92 Å². The van der Waals surface area contributed by atoms with E-state index in [-0.39, 0.29) is 12.5 Å². The minimum atomic E-state index is -0.840. The number of hydrogen-bond donors (Lipinski definition) is 1. The molecule has 1 atom stereocenters. The van der Waals surface area contributed by atoms with E-state index in [2.05, 4.69) is 5.10 Å². The third-order valence-corrected chi connectivity index (χ3v) is 4.41. The topological polar surface area (TPSA) is 76.8 Å². The first-order valence-electron chi connectivity index (χ1n) is 7.68. The molecule has 1 aromatic carbocycles. The summed E-state index contributed by atoms with van der Waals surface area (Å²) in [5, 5.41) is 14.8. The number of ether oxygens (including phenoxy) is 2. The third-order valence-electron chi connectivity index (χ3n) is 4.41. The van der Waals surface area contributed by atoms with E-state index in [0.717, 1.165) is 11.3 Å². The van der Waals surface area contributed by atoms with Crippen LogP contribution < -0.4 is 9.47 Å². The van der Waals surface area contributed by atoms with Crippen LogP contribution >= 0.6 is 0 Å². The van der Waals surface area contributed by atoms with Crippen LogP contribution in [0.1, 0.15) is 33.4 Å². The highest BCUT2D eigenvalue weighted by Gasteiger charge is 2.33. The number of methoxy groups -OCH3 is 2. The van der Waals surface area contributed by atoms with Crippen molar-refractivity contribution >= 4 is 5.91 Å². The second kappa shape index (κ2) is 6.16. The van der Waals surface area contributed by atoms with Crippen LogP contribution in [0.4, 0.5) is 0 Å². The van der Waals surface area contributed by atoms with Crippen molar-refractivity contribution in [1.29, 1.82) is 0 Å². The molecule has 0 radical (unpaired) electrons. The minimum absolute atomic E-state index is 0.185. The summed E-state index contributed by atoms with van der Waals surface area (Å²) in [5.74, 6) is 1.01. The summed E-state index contributed by atoms with van der Waals surface area (Å²) in [7, 11) is 4.92. The Bertz CT molecular complexity index is 765. The minimum Gasteiger partial charge on any atom is -0.496 e. The van der Waals surface area contributed by atoms with E-state index >= 15 is 0 Å². The Morgan fingerprint density at radius 3 is 2.54 bits per heavy atom. The van der Waals surface area contributed by atoms with Gasteiger partial charge in [0, 0.05) is 23.9 Å². The molecule has 0 saturated carbocycles. The van der Waals surface area contributed by atoms with Crippen LogP contribution in [-0.2, 0) is 13.6 Å². The Balaban J connectivity index is 1.98. The van der Waals surface area contributed by atoms with Crippen LogP contribution in [-0.4, -0.2) is 46.5 Å². The summed E-state index contributed by atoms with van der Waals surface area (Å²) < 4.78 is 12.4. The molecule has 0 aliphatic carbocycles. The van der Waals surface area contributed by atoms with Gasteiger partial charge in [0.15, 0.2) is 5.69 Å². The Kier molecular flexibility index (Phi) is 4.19. The Morgan fingerprint density at radius 2 is 1.96 bits per heavy atom. The summed E-state index contributed by atoms with van der Waals surface area (Å²) >= 11 is 0. The molecule has 3 rings (SSSR count). The standard InChI is InChI=1S/C17H21N3O4/c1-10-7-12(18-19(10)2)17(22)20-8-11-14(23-3)5-6-15(24-4)16(11)13(21)9-20/h5-7,13,21H,8-9H2,1-4H3. The predicted octanol–water partition coefficient (Wildman–Crippen LogP) is 1.44. The van der Waals surface area contributed by atoms with Crippen LogP contribution in [0.25, 0.3) is 0 Å². The lowest BCUT2D eigenvalue weighted by molar-refractivity contribution is 0.0532. The molecule has 0 saturated heterocycles. The zero-order valence-corrected chi connectivity index (χ0v) is 14.2. The molecule has 0 spiro atoms.